The molecule has 0 aliphatic heterocycles. The number of furan rings is 1. The predicted molar refractivity (Wildman–Crippen MR) is 98.3 cm³/mol. The third kappa shape index (κ3) is 5.73. The molecular formula is C18H24N4O4. The number of hydrogen-bond acceptors (Lipinski definition) is 5. The normalized spacial score (nSPS) is 11.0. The standard InChI is InChI=1S/C18H24N4O4/c1-19-18(22-12-17(23)20-11-15-5-4-8-26-15)21-10-13-6-7-14(24-2)9-16(13)25-3/h4-9H,10-12H2,1-3H3,(H,20,23)(H2,19,21,22). The molecule has 1 aromatic carbocycles. The Morgan fingerprint density at radius 3 is 2.62 bits per heavy atom. The van der Waals surface area contributed by atoms with E-state index in [1.165, 1.54) is 0 Å². The van der Waals surface area contributed by atoms with Crippen LogP contribution < -0.4 is 25.4 Å². The summed E-state index contributed by atoms with van der Waals surface area (Å²) in [6.45, 7) is 0.934. The molecule has 1 heterocycles. The number of ether oxygens (including phenoxy) is 2. The minimum atomic E-state index is -0.161. The predicted octanol–water partition coefficient (Wildman–Crippen LogP) is 1.28. The van der Waals surface area contributed by atoms with Crippen molar-refractivity contribution in [1.82, 2.24) is 16.0 Å². The van der Waals surface area contributed by atoms with Crippen molar-refractivity contribution >= 4 is 11.9 Å². The minimum absolute atomic E-state index is 0.0974. The lowest BCUT2D eigenvalue weighted by Crippen LogP contribution is -2.42. The number of benzene rings is 1. The molecule has 1 amide bonds. The van der Waals surface area contributed by atoms with E-state index >= 15 is 0 Å². The smallest absolute Gasteiger partial charge is 0.239 e. The molecule has 0 radical (unpaired) electrons. The second-order valence-corrected chi connectivity index (χ2v) is 5.31. The number of amides is 1. The van der Waals surface area contributed by atoms with Gasteiger partial charge in [-0.15, -0.1) is 0 Å². The van der Waals surface area contributed by atoms with E-state index in [1.54, 1.807) is 39.7 Å². The van der Waals surface area contributed by atoms with Crippen molar-refractivity contribution in [1.29, 1.82) is 0 Å². The van der Waals surface area contributed by atoms with Crippen LogP contribution in [-0.4, -0.2) is 39.7 Å². The summed E-state index contributed by atoms with van der Waals surface area (Å²) in [5, 5.41) is 8.86. The van der Waals surface area contributed by atoms with E-state index < -0.39 is 0 Å². The average molecular weight is 360 g/mol. The number of carbonyl (C=O) groups excluding carboxylic acids is 1. The number of aliphatic imine (C=N–C) groups is 1. The van der Waals surface area contributed by atoms with Crippen molar-refractivity contribution in [3.8, 4) is 11.5 Å². The first-order chi connectivity index (χ1) is 12.7. The lowest BCUT2D eigenvalue weighted by atomic mass is 10.2. The van der Waals surface area contributed by atoms with E-state index in [4.69, 9.17) is 13.9 Å². The summed E-state index contributed by atoms with van der Waals surface area (Å²) in [4.78, 5) is 16.0. The fourth-order valence-corrected chi connectivity index (χ4v) is 2.22. The Morgan fingerprint density at radius 1 is 1.12 bits per heavy atom. The van der Waals surface area contributed by atoms with E-state index in [9.17, 15) is 4.79 Å². The first-order valence-electron chi connectivity index (χ1n) is 8.10. The van der Waals surface area contributed by atoms with E-state index in [2.05, 4.69) is 20.9 Å². The number of hydrogen-bond donors (Lipinski definition) is 3. The van der Waals surface area contributed by atoms with Crippen molar-refractivity contribution in [3.05, 3.63) is 47.9 Å². The van der Waals surface area contributed by atoms with Gasteiger partial charge in [-0.3, -0.25) is 9.79 Å². The van der Waals surface area contributed by atoms with Gasteiger partial charge in [-0.1, -0.05) is 0 Å². The Morgan fingerprint density at radius 2 is 1.96 bits per heavy atom. The first kappa shape index (κ1) is 19.2. The summed E-state index contributed by atoms with van der Waals surface area (Å²) >= 11 is 0. The second kappa shape index (κ2) is 9.97. The lowest BCUT2D eigenvalue weighted by Gasteiger charge is -2.14. The molecule has 0 saturated heterocycles. The van der Waals surface area contributed by atoms with Gasteiger partial charge >= 0.3 is 0 Å². The second-order valence-electron chi connectivity index (χ2n) is 5.31. The number of methoxy groups -OCH3 is 2. The maximum absolute atomic E-state index is 11.9. The molecule has 0 aliphatic carbocycles. The number of carbonyl (C=O) groups is 1. The Labute approximate surface area is 152 Å². The molecule has 26 heavy (non-hydrogen) atoms. The van der Waals surface area contributed by atoms with Crippen molar-refractivity contribution in [3.63, 3.8) is 0 Å². The van der Waals surface area contributed by atoms with Crippen molar-refractivity contribution in [2.45, 2.75) is 13.1 Å². The molecule has 140 valence electrons. The molecule has 0 spiro atoms. The third-order valence-electron chi connectivity index (χ3n) is 3.62. The van der Waals surface area contributed by atoms with Crippen molar-refractivity contribution < 1.29 is 18.7 Å². The molecule has 3 N–H and O–H groups in total. The van der Waals surface area contributed by atoms with Gasteiger partial charge in [0.1, 0.15) is 17.3 Å². The molecule has 8 heteroatoms. The first-order valence-corrected chi connectivity index (χ1v) is 8.10. The van der Waals surface area contributed by atoms with Crippen LogP contribution in [0.3, 0.4) is 0 Å². The zero-order chi connectivity index (χ0) is 18.8. The largest absolute Gasteiger partial charge is 0.497 e. The van der Waals surface area contributed by atoms with E-state index in [0.29, 0.717) is 30.6 Å². The quantitative estimate of drug-likeness (QED) is 0.485. The molecule has 0 aliphatic rings. The summed E-state index contributed by atoms with van der Waals surface area (Å²) < 4.78 is 15.7. The van der Waals surface area contributed by atoms with Gasteiger partial charge in [0.2, 0.25) is 5.91 Å². The van der Waals surface area contributed by atoms with Crippen LogP contribution in [0.15, 0.2) is 46.0 Å². The van der Waals surface area contributed by atoms with Gasteiger partial charge in [0.05, 0.1) is 33.6 Å². The fraction of sp³-hybridized carbons (Fsp3) is 0.333. The molecule has 0 fully saturated rings. The summed E-state index contributed by atoms with van der Waals surface area (Å²) in [6, 6.07) is 9.16. The molecule has 2 aromatic rings. The number of nitrogens with one attached hydrogen (secondary N) is 3. The van der Waals surface area contributed by atoms with Crippen LogP contribution >= 0.6 is 0 Å². The van der Waals surface area contributed by atoms with E-state index in [1.807, 2.05) is 18.2 Å². The summed E-state index contributed by atoms with van der Waals surface area (Å²) in [6.07, 6.45) is 1.57. The van der Waals surface area contributed by atoms with Gasteiger partial charge in [-0.2, -0.15) is 0 Å². The topological polar surface area (TPSA) is 97.1 Å². The Hall–Kier alpha value is -3.16. The highest BCUT2D eigenvalue weighted by atomic mass is 16.5. The van der Waals surface area contributed by atoms with Crippen LogP contribution in [0.1, 0.15) is 11.3 Å². The monoisotopic (exact) mass is 360 g/mol. The molecule has 0 atom stereocenters. The molecule has 8 nitrogen and oxygen atoms in total. The van der Waals surface area contributed by atoms with E-state index in [0.717, 1.165) is 11.3 Å². The van der Waals surface area contributed by atoms with Gasteiger partial charge in [0.25, 0.3) is 0 Å². The molecule has 0 saturated carbocycles. The maximum atomic E-state index is 11.9. The summed E-state index contributed by atoms with van der Waals surface area (Å²) in [5.74, 6) is 2.49. The fourth-order valence-electron chi connectivity index (χ4n) is 2.22. The van der Waals surface area contributed by atoms with Gasteiger partial charge < -0.3 is 29.8 Å². The summed E-state index contributed by atoms with van der Waals surface area (Å²) in [5.41, 5.74) is 0.943. The Kier molecular flexibility index (Phi) is 7.35. The molecular weight excluding hydrogens is 336 g/mol. The highest BCUT2D eigenvalue weighted by molar-refractivity contribution is 5.86. The highest BCUT2D eigenvalue weighted by Gasteiger charge is 2.08. The Balaban J connectivity index is 1.79. The molecule has 0 unspecified atom stereocenters. The van der Waals surface area contributed by atoms with E-state index in [-0.39, 0.29) is 12.5 Å². The van der Waals surface area contributed by atoms with Crippen LogP contribution in [0.4, 0.5) is 0 Å². The SMILES string of the molecule is CN=C(NCC(=O)NCc1ccco1)NCc1ccc(OC)cc1OC. The summed E-state index contributed by atoms with van der Waals surface area (Å²) in [7, 11) is 4.85. The van der Waals surface area contributed by atoms with Crippen LogP contribution in [0.2, 0.25) is 0 Å². The zero-order valence-electron chi connectivity index (χ0n) is 15.2. The number of rotatable bonds is 8. The van der Waals surface area contributed by atoms with Crippen molar-refractivity contribution in [2.75, 3.05) is 27.8 Å². The lowest BCUT2D eigenvalue weighted by molar-refractivity contribution is -0.120. The van der Waals surface area contributed by atoms with Crippen LogP contribution in [-0.2, 0) is 17.9 Å². The van der Waals surface area contributed by atoms with Gasteiger partial charge in [-0.05, 0) is 24.3 Å². The third-order valence-corrected chi connectivity index (χ3v) is 3.62. The number of nitrogens with zero attached hydrogens (tertiary/aromatic N) is 1. The van der Waals surface area contributed by atoms with Crippen molar-refractivity contribution in [2.24, 2.45) is 4.99 Å². The van der Waals surface area contributed by atoms with Gasteiger partial charge in [-0.25, -0.2) is 0 Å². The van der Waals surface area contributed by atoms with Gasteiger partial charge in [0, 0.05) is 25.2 Å². The van der Waals surface area contributed by atoms with Crippen LogP contribution in [0.25, 0.3) is 0 Å². The average Bonchev–Trinajstić information content (AvgIpc) is 3.20. The minimum Gasteiger partial charge on any atom is -0.497 e. The Bertz CT molecular complexity index is 729. The van der Waals surface area contributed by atoms with Crippen LogP contribution in [0.5, 0.6) is 11.5 Å². The zero-order valence-corrected chi connectivity index (χ0v) is 15.2. The molecule has 0 bridgehead atoms. The molecule has 1 aromatic heterocycles. The maximum Gasteiger partial charge on any atom is 0.239 e. The highest BCUT2D eigenvalue weighted by Crippen LogP contribution is 2.24. The van der Waals surface area contributed by atoms with Crippen LogP contribution in [0, 0.1) is 0 Å². The molecule has 2 rings (SSSR count). The van der Waals surface area contributed by atoms with Gasteiger partial charge in [0.15, 0.2) is 5.96 Å². The number of guanidine groups is 1.